The molecular formula is C6H12N4. The summed E-state index contributed by atoms with van der Waals surface area (Å²) in [5.41, 5.74) is 0. The molecule has 0 aliphatic heterocycles. The van der Waals surface area contributed by atoms with Gasteiger partial charge in [-0.25, -0.2) is 0 Å². The molecule has 1 rings (SSSR count). The average Bonchev–Trinajstić information content (AvgIpc) is 2.43. The maximum atomic E-state index is 3.95. The van der Waals surface area contributed by atoms with Gasteiger partial charge in [-0.2, -0.15) is 10.3 Å². The molecule has 1 aromatic rings. The summed E-state index contributed by atoms with van der Waals surface area (Å²) in [6, 6.07) is 0. The fourth-order valence-corrected chi connectivity index (χ4v) is 0.896. The molecule has 0 unspecified atom stereocenters. The Morgan fingerprint density at radius 1 is 1.50 bits per heavy atom. The lowest BCUT2D eigenvalue weighted by Gasteiger charge is -2.15. The highest BCUT2D eigenvalue weighted by atomic mass is 15.4. The fraction of sp³-hybridized carbons (Fsp3) is 0.667. The Morgan fingerprint density at radius 3 is 2.60 bits per heavy atom. The Hall–Kier alpha value is -1.06. The molecule has 0 atom stereocenters. The second kappa shape index (κ2) is 3.20. The minimum absolute atomic E-state index is 0.921. The van der Waals surface area contributed by atoms with Crippen molar-refractivity contribution in [3.63, 3.8) is 0 Å². The predicted octanol–water partition coefficient (Wildman–Crippen LogP) is 0.651. The third-order valence-corrected chi connectivity index (χ3v) is 1.49. The highest BCUT2D eigenvalue weighted by Crippen LogP contribution is 2.04. The summed E-state index contributed by atoms with van der Waals surface area (Å²) < 4.78 is 0. The van der Waals surface area contributed by atoms with Crippen LogP contribution >= 0.6 is 0 Å². The maximum Gasteiger partial charge on any atom is 0.170 e. The molecule has 0 aliphatic rings. The van der Waals surface area contributed by atoms with E-state index in [1.807, 2.05) is 0 Å². The quantitative estimate of drug-likeness (QED) is 0.670. The molecule has 0 saturated carbocycles. The van der Waals surface area contributed by atoms with Crippen molar-refractivity contribution in [2.45, 2.75) is 13.8 Å². The Labute approximate surface area is 60.2 Å². The van der Waals surface area contributed by atoms with E-state index in [1.165, 1.54) is 0 Å². The third kappa shape index (κ3) is 1.26. The Bertz CT molecular complexity index is 166. The number of rotatable bonds is 3. The number of aromatic nitrogens is 3. The van der Waals surface area contributed by atoms with Crippen molar-refractivity contribution in [1.29, 1.82) is 0 Å². The molecular weight excluding hydrogens is 128 g/mol. The van der Waals surface area contributed by atoms with Crippen LogP contribution in [-0.2, 0) is 0 Å². The van der Waals surface area contributed by atoms with E-state index in [-0.39, 0.29) is 0 Å². The largest absolute Gasteiger partial charge is 0.354 e. The van der Waals surface area contributed by atoms with Crippen LogP contribution in [0, 0.1) is 0 Å². The molecule has 0 fully saturated rings. The minimum Gasteiger partial charge on any atom is -0.354 e. The second-order valence-corrected chi connectivity index (χ2v) is 2.00. The fourth-order valence-electron chi connectivity index (χ4n) is 0.896. The van der Waals surface area contributed by atoms with Gasteiger partial charge in [0.2, 0.25) is 0 Å². The molecule has 1 aromatic heterocycles. The normalized spacial score (nSPS) is 9.80. The van der Waals surface area contributed by atoms with Gasteiger partial charge in [0.05, 0.1) is 6.20 Å². The molecule has 4 heteroatoms. The van der Waals surface area contributed by atoms with E-state index in [1.54, 1.807) is 6.20 Å². The van der Waals surface area contributed by atoms with E-state index in [9.17, 15) is 0 Å². The summed E-state index contributed by atoms with van der Waals surface area (Å²) in [5, 5.41) is 10.2. The van der Waals surface area contributed by atoms with Crippen molar-refractivity contribution in [3.8, 4) is 0 Å². The highest BCUT2D eigenvalue weighted by Gasteiger charge is 2.01. The Kier molecular flexibility index (Phi) is 2.25. The number of nitrogens with zero attached hydrogens (tertiary/aromatic N) is 3. The van der Waals surface area contributed by atoms with Crippen LogP contribution in [0.3, 0.4) is 0 Å². The van der Waals surface area contributed by atoms with Crippen molar-refractivity contribution < 1.29 is 0 Å². The molecule has 10 heavy (non-hydrogen) atoms. The first-order chi connectivity index (χ1) is 4.88. The van der Waals surface area contributed by atoms with Crippen LogP contribution in [0.25, 0.3) is 0 Å². The standard InChI is InChI=1S/C6H12N4/c1-3-10(4-2)6-5-7-9-8-6/h5H,3-4H2,1-2H3,(H,7,8,9). The van der Waals surface area contributed by atoms with E-state index in [4.69, 9.17) is 0 Å². The first kappa shape index (κ1) is 7.05. The molecule has 0 radical (unpaired) electrons. The van der Waals surface area contributed by atoms with E-state index in [2.05, 4.69) is 34.2 Å². The first-order valence-electron chi connectivity index (χ1n) is 3.49. The third-order valence-electron chi connectivity index (χ3n) is 1.49. The van der Waals surface area contributed by atoms with Gasteiger partial charge < -0.3 is 4.90 Å². The van der Waals surface area contributed by atoms with Crippen LogP contribution in [0.1, 0.15) is 13.8 Å². The van der Waals surface area contributed by atoms with E-state index in [0.717, 1.165) is 18.9 Å². The number of nitrogens with one attached hydrogen (secondary N) is 1. The smallest absolute Gasteiger partial charge is 0.170 e. The molecule has 56 valence electrons. The van der Waals surface area contributed by atoms with Gasteiger partial charge in [0.25, 0.3) is 0 Å². The zero-order valence-electron chi connectivity index (χ0n) is 6.33. The monoisotopic (exact) mass is 140 g/mol. The van der Waals surface area contributed by atoms with Crippen LogP contribution in [0.15, 0.2) is 6.20 Å². The van der Waals surface area contributed by atoms with Gasteiger partial charge >= 0.3 is 0 Å². The van der Waals surface area contributed by atoms with Crippen LogP contribution in [-0.4, -0.2) is 28.5 Å². The van der Waals surface area contributed by atoms with Gasteiger partial charge in [-0.3, -0.25) is 0 Å². The van der Waals surface area contributed by atoms with Crippen LogP contribution in [0.2, 0.25) is 0 Å². The molecule has 1 N–H and O–H groups in total. The number of aromatic amines is 1. The average molecular weight is 140 g/mol. The summed E-state index contributed by atoms with van der Waals surface area (Å²) in [6.07, 6.45) is 1.73. The van der Waals surface area contributed by atoms with Crippen molar-refractivity contribution in [3.05, 3.63) is 6.20 Å². The van der Waals surface area contributed by atoms with E-state index >= 15 is 0 Å². The van der Waals surface area contributed by atoms with Gasteiger partial charge in [0.15, 0.2) is 5.82 Å². The number of H-pyrrole nitrogens is 1. The van der Waals surface area contributed by atoms with E-state index in [0.29, 0.717) is 0 Å². The summed E-state index contributed by atoms with van der Waals surface area (Å²) in [5.74, 6) is 0.921. The highest BCUT2D eigenvalue weighted by molar-refractivity contribution is 5.32. The zero-order valence-corrected chi connectivity index (χ0v) is 6.33. The lowest BCUT2D eigenvalue weighted by Crippen LogP contribution is -2.21. The first-order valence-corrected chi connectivity index (χ1v) is 3.49. The lowest BCUT2D eigenvalue weighted by molar-refractivity contribution is 0.834. The van der Waals surface area contributed by atoms with Gasteiger partial charge in [0, 0.05) is 13.1 Å². The molecule has 0 spiro atoms. The van der Waals surface area contributed by atoms with Gasteiger partial charge in [-0.15, -0.1) is 5.10 Å². The summed E-state index contributed by atoms with van der Waals surface area (Å²) in [7, 11) is 0. The molecule has 0 amide bonds. The summed E-state index contributed by atoms with van der Waals surface area (Å²) in [4.78, 5) is 2.13. The van der Waals surface area contributed by atoms with Crippen molar-refractivity contribution >= 4 is 5.82 Å². The van der Waals surface area contributed by atoms with Crippen LogP contribution < -0.4 is 4.90 Å². The topological polar surface area (TPSA) is 44.8 Å². The SMILES string of the molecule is CCN(CC)c1cn[nH]n1. The number of hydrogen-bond acceptors (Lipinski definition) is 3. The molecule has 0 bridgehead atoms. The summed E-state index contributed by atoms with van der Waals surface area (Å²) >= 11 is 0. The Balaban J connectivity index is 2.64. The number of hydrogen-bond donors (Lipinski definition) is 1. The summed E-state index contributed by atoms with van der Waals surface area (Å²) in [6.45, 7) is 6.14. The second-order valence-electron chi connectivity index (χ2n) is 2.00. The minimum atomic E-state index is 0.921. The van der Waals surface area contributed by atoms with Gasteiger partial charge in [0.1, 0.15) is 0 Å². The molecule has 0 aromatic carbocycles. The molecule has 4 nitrogen and oxygen atoms in total. The van der Waals surface area contributed by atoms with Crippen molar-refractivity contribution in [2.75, 3.05) is 18.0 Å². The number of anilines is 1. The molecule has 0 saturated heterocycles. The van der Waals surface area contributed by atoms with Crippen LogP contribution in [0.5, 0.6) is 0 Å². The van der Waals surface area contributed by atoms with Gasteiger partial charge in [-0.05, 0) is 13.8 Å². The Morgan fingerprint density at radius 2 is 2.20 bits per heavy atom. The van der Waals surface area contributed by atoms with Crippen molar-refractivity contribution in [1.82, 2.24) is 15.4 Å². The molecule has 1 heterocycles. The van der Waals surface area contributed by atoms with Gasteiger partial charge in [-0.1, -0.05) is 0 Å². The maximum absolute atomic E-state index is 3.95. The van der Waals surface area contributed by atoms with Crippen molar-refractivity contribution in [2.24, 2.45) is 0 Å². The predicted molar refractivity (Wildman–Crippen MR) is 39.9 cm³/mol. The zero-order chi connectivity index (χ0) is 7.40. The lowest BCUT2D eigenvalue weighted by atomic mass is 10.5. The van der Waals surface area contributed by atoms with Crippen LogP contribution in [0.4, 0.5) is 5.82 Å². The molecule has 0 aliphatic carbocycles. The van der Waals surface area contributed by atoms with E-state index < -0.39 is 0 Å².